The van der Waals surface area contributed by atoms with Crippen LogP contribution in [0.15, 0.2) is 42.5 Å². The van der Waals surface area contributed by atoms with Crippen molar-refractivity contribution >= 4 is 32.6 Å². The van der Waals surface area contributed by atoms with Gasteiger partial charge in [0, 0.05) is 5.56 Å². The van der Waals surface area contributed by atoms with Gasteiger partial charge in [0.25, 0.3) is 5.91 Å². The highest BCUT2D eigenvalue weighted by Gasteiger charge is 2.13. The number of fused-ring (bicyclic) bond motifs is 1. The Bertz CT molecular complexity index is 812. The van der Waals surface area contributed by atoms with E-state index in [-0.39, 0.29) is 5.91 Å². The van der Waals surface area contributed by atoms with Crippen LogP contribution in [0.2, 0.25) is 0 Å². The Hall–Kier alpha value is -2.40. The van der Waals surface area contributed by atoms with E-state index in [1.807, 2.05) is 57.2 Å². The number of carbonyl (C=O) groups is 1. The fourth-order valence-corrected chi connectivity index (χ4v) is 3.01. The van der Waals surface area contributed by atoms with Gasteiger partial charge in [0.15, 0.2) is 5.13 Å². The molecule has 0 unspecified atom stereocenters. The van der Waals surface area contributed by atoms with Gasteiger partial charge in [-0.2, -0.15) is 0 Å². The minimum atomic E-state index is -0.147. The van der Waals surface area contributed by atoms with Crippen molar-refractivity contribution in [3.05, 3.63) is 53.6 Å². The van der Waals surface area contributed by atoms with Crippen LogP contribution in [0.5, 0.6) is 5.75 Å². The molecule has 5 heteroatoms. The maximum atomic E-state index is 12.3. The lowest BCUT2D eigenvalue weighted by atomic mass is 10.1. The lowest BCUT2D eigenvalue weighted by Gasteiger charge is -2.04. The van der Waals surface area contributed by atoms with E-state index in [4.69, 9.17) is 4.74 Å². The Kier molecular flexibility index (Phi) is 5.71. The maximum absolute atomic E-state index is 12.3. The molecule has 0 saturated carbocycles. The molecule has 0 bridgehead atoms. The van der Waals surface area contributed by atoms with Crippen molar-refractivity contribution in [3.8, 4) is 5.75 Å². The van der Waals surface area contributed by atoms with Gasteiger partial charge in [0.05, 0.1) is 11.8 Å². The number of thiazole rings is 1. The third-order valence-electron chi connectivity index (χ3n) is 3.21. The third kappa shape index (κ3) is 3.68. The first-order chi connectivity index (χ1) is 11.2. The quantitative estimate of drug-likeness (QED) is 0.744. The number of anilines is 1. The molecule has 1 aromatic heterocycles. The number of hydrogen-bond donors (Lipinski definition) is 1. The number of benzene rings is 2. The fourth-order valence-electron chi connectivity index (χ4n) is 2.13. The number of aryl methyl sites for hydroxylation is 1. The van der Waals surface area contributed by atoms with Gasteiger partial charge >= 0.3 is 0 Å². The highest BCUT2D eigenvalue weighted by molar-refractivity contribution is 7.22. The number of amides is 1. The Labute approximate surface area is 140 Å². The summed E-state index contributed by atoms with van der Waals surface area (Å²) in [4.78, 5) is 16.7. The summed E-state index contributed by atoms with van der Waals surface area (Å²) < 4.78 is 6.26. The summed E-state index contributed by atoms with van der Waals surface area (Å²) in [5.41, 5.74) is 2.36. The van der Waals surface area contributed by atoms with Crippen LogP contribution >= 0.6 is 11.3 Å². The number of carbonyl (C=O) groups excluding carboxylic acids is 1. The van der Waals surface area contributed by atoms with Gasteiger partial charge in [-0.3, -0.25) is 10.1 Å². The zero-order chi connectivity index (χ0) is 16.8. The maximum Gasteiger partial charge on any atom is 0.257 e. The number of para-hydroxylation sites is 1. The summed E-state index contributed by atoms with van der Waals surface area (Å²) in [5, 5.41) is 3.42. The molecule has 0 fully saturated rings. The van der Waals surface area contributed by atoms with Crippen LogP contribution in [0.25, 0.3) is 10.2 Å². The minimum Gasteiger partial charge on any atom is -0.494 e. The van der Waals surface area contributed by atoms with Crippen LogP contribution in [0.4, 0.5) is 5.13 Å². The van der Waals surface area contributed by atoms with Crippen LogP contribution < -0.4 is 10.1 Å². The second kappa shape index (κ2) is 7.74. The van der Waals surface area contributed by atoms with Gasteiger partial charge in [-0.1, -0.05) is 49.4 Å². The molecule has 0 saturated heterocycles. The molecule has 2 aromatic carbocycles. The van der Waals surface area contributed by atoms with Crippen LogP contribution in [0, 0.1) is 6.92 Å². The second-order valence-corrected chi connectivity index (χ2v) is 5.63. The Balaban J connectivity index is 0.000000924. The lowest BCUT2D eigenvalue weighted by Crippen LogP contribution is -2.12. The van der Waals surface area contributed by atoms with E-state index < -0.39 is 0 Å². The molecule has 0 aliphatic heterocycles. The van der Waals surface area contributed by atoms with Gasteiger partial charge in [-0.25, -0.2) is 4.98 Å². The first-order valence-electron chi connectivity index (χ1n) is 7.49. The predicted octanol–water partition coefficient (Wildman–Crippen LogP) is 4.89. The number of nitrogens with zero attached hydrogens (tertiary/aromatic N) is 1. The minimum absolute atomic E-state index is 0.147. The van der Waals surface area contributed by atoms with Crippen molar-refractivity contribution in [1.29, 1.82) is 0 Å². The molecular weight excluding hydrogens is 308 g/mol. The van der Waals surface area contributed by atoms with Crippen LogP contribution in [0.3, 0.4) is 0 Å². The van der Waals surface area contributed by atoms with E-state index in [2.05, 4.69) is 10.3 Å². The monoisotopic (exact) mass is 328 g/mol. The van der Waals surface area contributed by atoms with Gasteiger partial charge in [-0.05, 0) is 30.7 Å². The van der Waals surface area contributed by atoms with Crippen molar-refractivity contribution in [2.24, 2.45) is 0 Å². The lowest BCUT2D eigenvalue weighted by molar-refractivity contribution is 0.102. The average molecular weight is 328 g/mol. The Morgan fingerprint density at radius 2 is 1.87 bits per heavy atom. The zero-order valence-electron chi connectivity index (χ0n) is 13.7. The number of hydrogen-bond acceptors (Lipinski definition) is 4. The fraction of sp³-hybridized carbons (Fsp3) is 0.222. The summed E-state index contributed by atoms with van der Waals surface area (Å²) in [6.07, 6.45) is 0. The highest BCUT2D eigenvalue weighted by atomic mass is 32.1. The van der Waals surface area contributed by atoms with Crippen LogP contribution in [-0.4, -0.2) is 18.0 Å². The van der Waals surface area contributed by atoms with E-state index >= 15 is 0 Å². The van der Waals surface area contributed by atoms with E-state index in [0.717, 1.165) is 15.8 Å². The molecular formula is C18H20N2O2S. The summed E-state index contributed by atoms with van der Waals surface area (Å²) in [5.74, 6) is 0.561. The molecule has 1 heterocycles. The smallest absolute Gasteiger partial charge is 0.257 e. The van der Waals surface area contributed by atoms with Crippen molar-refractivity contribution in [2.75, 3.05) is 12.4 Å². The van der Waals surface area contributed by atoms with Gasteiger partial charge in [0.2, 0.25) is 0 Å². The summed E-state index contributed by atoms with van der Waals surface area (Å²) in [6, 6.07) is 13.2. The second-order valence-electron chi connectivity index (χ2n) is 4.60. The molecule has 1 amide bonds. The van der Waals surface area contributed by atoms with Crippen molar-refractivity contribution < 1.29 is 9.53 Å². The molecule has 4 nitrogen and oxygen atoms in total. The molecule has 0 spiro atoms. The first kappa shape index (κ1) is 17.0. The van der Waals surface area contributed by atoms with Gasteiger partial charge < -0.3 is 4.74 Å². The van der Waals surface area contributed by atoms with Crippen molar-refractivity contribution in [1.82, 2.24) is 4.98 Å². The third-order valence-corrected chi connectivity index (χ3v) is 4.15. The number of rotatable bonds is 3. The summed E-state index contributed by atoms with van der Waals surface area (Å²) >= 11 is 1.43. The first-order valence-corrected chi connectivity index (χ1v) is 8.31. The molecule has 0 aliphatic carbocycles. The molecule has 23 heavy (non-hydrogen) atoms. The van der Waals surface area contributed by atoms with Crippen molar-refractivity contribution in [2.45, 2.75) is 20.8 Å². The van der Waals surface area contributed by atoms with Gasteiger partial charge in [0.1, 0.15) is 11.3 Å². The summed E-state index contributed by atoms with van der Waals surface area (Å²) in [6.45, 7) is 5.91. The molecule has 0 atom stereocenters. The van der Waals surface area contributed by atoms with E-state index in [1.165, 1.54) is 11.3 Å². The van der Waals surface area contributed by atoms with Crippen LogP contribution in [-0.2, 0) is 0 Å². The summed E-state index contributed by atoms with van der Waals surface area (Å²) in [7, 11) is 1.61. The topological polar surface area (TPSA) is 51.2 Å². The van der Waals surface area contributed by atoms with Crippen molar-refractivity contribution in [3.63, 3.8) is 0 Å². The Morgan fingerprint density at radius 3 is 2.57 bits per heavy atom. The largest absolute Gasteiger partial charge is 0.494 e. The highest BCUT2D eigenvalue weighted by Crippen LogP contribution is 2.32. The SMILES string of the molecule is CC.COc1cccc2sc(NC(=O)c3ccccc3C)nc12. The van der Waals surface area contributed by atoms with E-state index in [0.29, 0.717) is 16.4 Å². The number of nitrogens with one attached hydrogen (secondary N) is 1. The number of aromatic nitrogens is 1. The molecule has 3 rings (SSSR count). The standard InChI is InChI=1S/C16H14N2O2S.C2H6/c1-10-6-3-4-7-11(10)15(19)18-16-17-14-12(20-2)8-5-9-13(14)21-16;1-2/h3-9H,1-2H3,(H,17,18,19);1-2H3. The predicted molar refractivity (Wildman–Crippen MR) is 96.7 cm³/mol. The van der Waals surface area contributed by atoms with E-state index in [9.17, 15) is 4.79 Å². The normalized spacial score (nSPS) is 9.91. The zero-order valence-corrected chi connectivity index (χ0v) is 14.5. The molecule has 0 radical (unpaired) electrons. The molecule has 120 valence electrons. The Morgan fingerprint density at radius 1 is 1.13 bits per heavy atom. The average Bonchev–Trinajstić information content (AvgIpc) is 2.99. The van der Waals surface area contributed by atoms with Crippen LogP contribution in [0.1, 0.15) is 29.8 Å². The molecule has 3 aromatic rings. The number of methoxy groups -OCH3 is 1. The molecule has 0 aliphatic rings. The molecule has 1 N–H and O–H groups in total. The van der Waals surface area contributed by atoms with Gasteiger partial charge in [-0.15, -0.1) is 0 Å². The van der Waals surface area contributed by atoms with E-state index in [1.54, 1.807) is 13.2 Å². The number of ether oxygens (including phenoxy) is 1.